The zero-order chi connectivity index (χ0) is 29.3. The molecular weight excluding hydrogens is 547 g/mol. The van der Waals surface area contributed by atoms with Gasteiger partial charge in [0.2, 0.25) is 5.82 Å². The van der Waals surface area contributed by atoms with Crippen molar-refractivity contribution in [1.29, 1.82) is 0 Å². The largest absolute Gasteiger partial charge is 0.417 e. The van der Waals surface area contributed by atoms with Crippen molar-refractivity contribution >= 4 is 17.5 Å². The highest BCUT2D eigenvalue weighted by Gasteiger charge is 2.33. The van der Waals surface area contributed by atoms with Gasteiger partial charge in [-0.3, -0.25) is 9.79 Å². The summed E-state index contributed by atoms with van der Waals surface area (Å²) in [4.78, 5) is 29.9. The number of fused-ring (bicyclic) bond motifs is 1. The molecule has 0 amide bonds. The van der Waals surface area contributed by atoms with E-state index in [1.165, 1.54) is 12.4 Å². The Bertz CT molecular complexity index is 1860. The number of aliphatic imine (C=N–C) groups is 1. The second-order valence-electron chi connectivity index (χ2n) is 9.16. The van der Waals surface area contributed by atoms with Gasteiger partial charge < -0.3 is 9.73 Å². The minimum Gasteiger partial charge on any atom is -0.402 e. The molecule has 0 saturated heterocycles. The van der Waals surface area contributed by atoms with Gasteiger partial charge in [0.15, 0.2) is 11.9 Å². The molecule has 4 heterocycles. The number of carbonyl (C=O) groups excluding carboxylic acids is 1. The van der Waals surface area contributed by atoms with Crippen LogP contribution in [0.1, 0.15) is 28.1 Å². The van der Waals surface area contributed by atoms with Gasteiger partial charge in [0, 0.05) is 47.3 Å². The lowest BCUT2D eigenvalue weighted by atomic mass is 9.96. The number of benzene rings is 2. The second-order valence-corrected chi connectivity index (χ2v) is 9.16. The third-order valence-corrected chi connectivity index (χ3v) is 6.44. The van der Waals surface area contributed by atoms with E-state index < -0.39 is 17.9 Å². The summed E-state index contributed by atoms with van der Waals surface area (Å²) in [5.41, 5.74) is 2.21. The van der Waals surface area contributed by atoms with E-state index in [1.54, 1.807) is 0 Å². The summed E-state index contributed by atoms with van der Waals surface area (Å²) < 4.78 is 46.3. The van der Waals surface area contributed by atoms with Gasteiger partial charge in [0.05, 0.1) is 11.3 Å². The van der Waals surface area contributed by atoms with Crippen LogP contribution in [0.4, 0.5) is 19.2 Å². The molecule has 0 spiro atoms. The van der Waals surface area contributed by atoms with Crippen molar-refractivity contribution in [3.05, 3.63) is 107 Å². The number of terminal acetylenes is 1. The highest BCUT2D eigenvalue weighted by Crippen LogP contribution is 2.36. The number of rotatable bonds is 5. The Morgan fingerprint density at radius 2 is 1.64 bits per heavy atom. The highest BCUT2D eigenvalue weighted by molar-refractivity contribution is 6.16. The molecule has 206 valence electrons. The van der Waals surface area contributed by atoms with E-state index in [-0.39, 0.29) is 46.8 Å². The van der Waals surface area contributed by atoms with Crippen molar-refractivity contribution in [3.8, 4) is 35.1 Å². The van der Waals surface area contributed by atoms with Crippen LogP contribution in [0.2, 0.25) is 0 Å². The van der Waals surface area contributed by atoms with Crippen LogP contribution in [0.25, 0.3) is 22.7 Å². The Labute approximate surface area is 236 Å². The van der Waals surface area contributed by atoms with Gasteiger partial charge in [-0.2, -0.15) is 13.2 Å². The van der Waals surface area contributed by atoms with Crippen LogP contribution in [0.3, 0.4) is 0 Å². The van der Waals surface area contributed by atoms with Crippen molar-refractivity contribution in [3.63, 3.8) is 0 Å². The van der Waals surface area contributed by atoms with Gasteiger partial charge in [-0.1, -0.05) is 59.7 Å². The molecule has 9 nitrogen and oxygen atoms in total. The number of pyridine rings is 1. The Kier molecular flexibility index (Phi) is 6.76. The number of anilines is 1. The number of nitrogens with one attached hydrogen (secondary N) is 1. The van der Waals surface area contributed by atoms with Crippen molar-refractivity contribution in [2.24, 2.45) is 4.99 Å². The monoisotopic (exact) mass is 565 g/mol. The molecule has 0 saturated carbocycles. The molecular formula is C30H18F3N7O2. The second kappa shape index (κ2) is 10.7. The third-order valence-electron chi connectivity index (χ3n) is 6.44. The highest BCUT2D eigenvalue weighted by atomic mass is 19.4. The fourth-order valence-corrected chi connectivity index (χ4v) is 4.45. The van der Waals surface area contributed by atoms with Crippen LogP contribution >= 0.6 is 0 Å². The topological polar surface area (TPSA) is 119 Å². The maximum atomic E-state index is 13.5. The molecule has 5 aromatic rings. The molecule has 6 rings (SSSR count). The summed E-state index contributed by atoms with van der Waals surface area (Å²) in [5, 5.41) is 10.8. The number of alkyl halides is 3. The van der Waals surface area contributed by atoms with Crippen LogP contribution < -0.4 is 5.32 Å². The predicted molar refractivity (Wildman–Crippen MR) is 146 cm³/mol. The summed E-state index contributed by atoms with van der Waals surface area (Å²) >= 11 is 0. The number of aromatic nitrogens is 5. The van der Waals surface area contributed by atoms with Gasteiger partial charge in [-0.15, -0.1) is 11.5 Å². The van der Waals surface area contributed by atoms with Crippen molar-refractivity contribution < 1.29 is 22.4 Å². The lowest BCUT2D eigenvalue weighted by Gasteiger charge is -2.12. The number of Topliss-reactive ketones (excluding diaryl/α,β-unsaturated/α-hetero) is 1. The average Bonchev–Trinajstić information content (AvgIpc) is 3.42. The first-order valence-electron chi connectivity index (χ1n) is 12.5. The molecule has 2 aromatic carbocycles. The molecule has 1 N–H and O–H groups in total. The number of ketones is 1. The zero-order valence-electron chi connectivity index (χ0n) is 21.5. The summed E-state index contributed by atoms with van der Waals surface area (Å²) in [7, 11) is 0. The molecule has 3 aromatic heterocycles. The smallest absolute Gasteiger partial charge is 0.402 e. The Morgan fingerprint density at radius 1 is 0.905 bits per heavy atom. The van der Waals surface area contributed by atoms with Crippen LogP contribution in [-0.2, 0) is 17.4 Å². The number of hydrogen-bond donors (Lipinski definition) is 1. The molecule has 0 radical (unpaired) electrons. The van der Waals surface area contributed by atoms with Gasteiger partial charge >= 0.3 is 12.2 Å². The quantitative estimate of drug-likeness (QED) is 0.296. The van der Waals surface area contributed by atoms with Gasteiger partial charge in [-0.05, 0) is 17.6 Å². The molecule has 1 atom stereocenters. The Balaban J connectivity index is 1.37. The number of nitrogens with zero attached hydrogens (tertiary/aromatic N) is 6. The standard InChI is InChI=1S/C30H18F3N7O2/c1-2-24-34-14-19(15-35-24)22-13-20(30(31,32)33)16-36-26(22)28-39-40-29(42-28)38-27-23(41)12-18-10-6-7-11-21(18)25(37-27)17-8-4-3-5-9-17/h1,3-11,13-16,27H,12H2,(H,38,40). The van der Waals surface area contributed by atoms with Crippen molar-refractivity contribution in [1.82, 2.24) is 25.1 Å². The van der Waals surface area contributed by atoms with E-state index in [2.05, 4.69) is 36.4 Å². The third kappa shape index (κ3) is 5.23. The number of carbonyl (C=O) groups is 1. The first-order chi connectivity index (χ1) is 20.3. The normalized spacial score (nSPS) is 14.9. The van der Waals surface area contributed by atoms with Gasteiger partial charge in [-0.25, -0.2) is 15.0 Å². The van der Waals surface area contributed by atoms with Crippen LogP contribution in [-0.4, -0.2) is 42.8 Å². The summed E-state index contributed by atoms with van der Waals surface area (Å²) in [6, 6.07) is 17.6. The fourth-order valence-electron chi connectivity index (χ4n) is 4.45. The van der Waals surface area contributed by atoms with Crippen LogP contribution in [0.5, 0.6) is 0 Å². The van der Waals surface area contributed by atoms with Crippen molar-refractivity contribution in [2.75, 3.05) is 5.32 Å². The molecule has 0 fully saturated rings. The number of hydrogen-bond acceptors (Lipinski definition) is 9. The molecule has 42 heavy (non-hydrogen) atoms. The van der Waals surface area contributed by atoms with E-state index in [4.69, 9.17) is 15.8 Å². The van der Waals surface area contributed by atoms with E-state index in [1.807, 2.05) is 54.6 Å². The Hall–Kier alpha value is -5.70. The van der Waals surface area contributed by atoms with E-state index in [0.717, 1.165) is 22.8 Å². The molecule has 0 aliphatic carbocycles. The average molecular weight is 566 g/mol. The lowest BCUT2D eigenvalue weighted by Crippen LogP contribution is -2.29. The van der Waals surface area contributed by atoms with E-state index in [0.29, 0.717) is 11.9 Å². The minimum atomic E-state index is -4.66. The molecule has 1 aliphatic heterocycles. The summed E-state index contributed by atoms with van der Waals surface area (Å²) in [5.74, 6) is 1.88. The molecule has 1 unspecified atom stereocenters. The minimum absolute atomic E-state index is 0.00558. The van der Waals surface area contributed by atoms with E-state index in [9.17, 15) is 18.0 Å². The Morgan fingerprint density at radius 3 is 2.38 bits per heavy atom. The zero-order valence-corrected chi connectivity index (χ0v) is 21.5. The summed E-state index contributed by atoms with van der Waals surface area (Å²) in [6.45, 7) is 0. The van der Waals surface area contributed by atoms with Crippen LogP contribution in [0.15, 0.2) is 88.7 Å². The van der Waals surface area contributed by atoms with Crippen LogP contribution in [0, 0.1) is 12.3 Å². The molecule has 12 heteroatoms. The van der Waals surface area contributed by atoms with E-state index >= 15 is 0 Å². The summed E-state index contributed by atoms with van der Waals surface area (Å²) in [6.07, 6.45) is 2.88. The number of halogens is 3. The molecule has 1 aliphatic rings. The first kappa shape index (κ1) is 26.5. The molecule has 0 bridgehead atoms. The predicted octanol–water partition coefficient (Wildman–Crippen LogP) is 4.99. The lowest BCUT2D eigenvalue weighted by molar-refractivity contribution is -0.137. The van der Waals surface area contributed by atoms with Crippen molar-refractivity contribution in [2.45, 2.75) is 18.8 Å². The SMILES string of the molecule is C#Cc1ncc(-c2cc(C(F)(F)F)cnc2-c2nnc(NC3N=C(c4ccccc4)c4ccccc4CC3=O)o2)cn1. The maximum absolute atomic E-state index is 13.5. The first-order valence-corrected chi connectivity index (χ1v) is 12.5. The van der Waals surface area contributed by atoms with Gasteiger partial charge in [0.25, 0.3) is 5.89 Å². The fraction of sp³-hybridized carbons (Fsp3) is 0.100. The maximum Gasteiger partial charge on any atom is 0.417 e. The van der Waals surface area contributed by atoms with Gasteiger partial charge in [0.1, 0.15) is 5.69 Å².